The molecule has 0 amide bonds. The molecule has 0 aliphatic heterocycles. The molecular formula is C16H12N2O4S. The van der Waals surface area contributed by atoms with Gasteiger partial charge in [0.15, 0.2) is 16.6 Å². The summed E-state index contributed by atoms with van der Waals surface area (Å²) in [5, 5.41) is 33.3. The molecule has 1 heterocycles. The van der Waals surface area contributed by atoms with Gasteiger partial charge in [-0.25, -0.2) is 9.78 Å². The van der Waals surface area contributed by atoms with Crippen LogP contribution in [-0.2, 0) is 0 Å². The second kappa shape index (κ2) is 5.98. The van der Waals surface area contributed by atoms with Crippen LogP contribution in [0.4, 0.5) is 10.8 Å². The van der Waals surface area contributed by atoms with Gasteiger partial charge in [0.05, 0.1) is 11.3 Å². The summed E-state index contributed by atoms with van der Waals surface area (Å²) >= 11 is 1.35. The molecule has 0 saturated carbocycles. The van der Waals surface area contributed by atoms with Gasteiger partial charge in [-0.3, -0.25) is 0 Å². The lowest BCUT2D eigenvalue weighted by Gasteiger charge is -2.03. The highest BCUT2D eigenvalue weighted by molar-refractivity contribution is 7.14. The van der Waals surface area contributed by atoms with Gasteiger partial charge < -0.3 is 20.6 Å². The Morgan fingerprint density at radius 1 is 1.09 bits per heavy atom. The maximum absolute atomic E-state index is 11.0. The number of phenols is 2. The van der Waals surface area contributed by atoms with E-state index in [0.717, 1.165) is 0 Å². The molecule has 0 saturated heterocycles. The molecule has 1 aromatic heterocycles. The van der Waals surface area contributed by atoms with E-state index in [4.69, 9.17) is 5.11 Å². The molecule has 0 atom stereocenters. The van der Waals surface area contributed by atoms with E-state index in [2.05, 4.69) is 10.3 Å². The first kappa shape index (κ1) is 14.9. The van der Waals surface area contributed by atoms with Gasteiger partial charge in [0, 0.05) is 16.6 Å². The van der Waals surface area contributed by atoms with Crippen LogP contribution < -0.4 is 5.32 Å². The summed E-state index contributed by atoms with van der Waals surface area (Å²) < 4.78 is 0. The van der Waals surface area contributed by atoms with Gasteiger partial charge in [0.1, 0.15) is 0 Å². The van der Waals surface area contributed by atoms with Crippen LogP contribution in [0.25, 0.3) is 11.3 Å². The monoisotopic (exact) mass is 328 g/mol. The number of carbonyl (C=O) groups is 1. The molecule has 0 unspecified atom stereocenters. The van der Waals surface area contributed by atoms with E-state index in [0.29, 0.717) is 22.1 Å². The number of thiazole rings is 1. The Hall–Kier alpha value is -3.06. The number of aromatic nitrogens is 1. The molecule has 7 heteroatoms. The molecule has 6 nitrogen and oxygen atoms in total. The first-order chi connectivity index (χ1) is 11.0. The molecule has 0 fully saturated rings. The Morgan fingerprint density at radius 2 is 1.91 bits per heavy atom. The quantitative estimate of drug-likeness (QED) is 0.545. The number of carboxylic acid groups (broad SMARTS) is 1. The average molecular weight is 328 g/mol. The van der Waals surface area contributed by atoms with Crippen molar-refractivity contribution in [3.05, 3.63) is 53.4 Å². The lowest BCUT2D eigenvalue weighted by molar-refractivity contribution is 0.0697. The Morgan fingerprint density at radius 3 is 2.65 bits per heavy atom. The minimum atomic E-state index is -0.993. The molecule has 0 spiro atoms. The molecule has 3 rings (SSSR count). The Labute approximate surface area is 135 Å². The smallest absolute Gasteiger partial charge is 0.335 e. The van der Waals surface area contributed by atoms with Crippen molar-refractivity contribution in [1.82, 2.24) is 4.98 Å². The maximum Gasteiger partial charge on any atom is 0.335 e. The van der Waals surface area contributed by atoms with E-state index in [-0.39, 0.29) is 17.1 Å². The summed E-state index contributed by atoms with van der Waals surface area (Å²) in [5.41, 5.74) is 2.13. The summed E-state index contributed by atoms with van der Waals surface area (Å²) in [4.78, 5) is 15.4. The second-order valence-corrected chi connectivity index (χ2v) is 5.61. The number of hydrogen-bond acceptors (Lipinski definition) is 6. The molecule has 4 N–H and O–H groups in total. The zero-order valence-electron chi connectivity index (χ0n) is 11.7. The third-order valence-corrected chi connectivity index (χ3v) is 3.89. The van der Waals surface area contributed by atoms with Crippen LogP contribution in [0.15, 0.2) is 47.8 Å². The van der Waals surface area contributed by atoms with Crippen LogP contribution >= 0.6 is 11.3 Å². The number of nitrogens with one attached hydrogen (secondary N) is 1. The fourth-order valence-electron chi connectivity index (χ4n) is 2.00. The Kier molecular flexibility index (Phi) is 3.86. The van der Waals surface area contributed by atoms with E-state index in [1.54, 1.807) is 23.6 Å². The van der Waals surface area contributed by atoms with Crippen LogP contribution in [-0.4, -0.2) is 26.3 Å². The van der Waals surface area contributed by atoms with Crippen molar-refractivity contribution in [2.24, 2.45) is 0 Å². The van der Waals surface area contributed by atoms with Gasteiger partial charge in [-0.15, -0.1) is 11.3 Å². The first-order valence-electron chi connectivity index (χ1n) is 6.61. The third kappa shape index (κ3) is 3.24. The summed E-state index contributed by atoms with van der Waals surface area (Å²) in [6.45, 7) is 0. The molecule has 0 bridgehead atoms. The van der Waals surface area contributed by atoms with E-state index >= 15 is 0 Å². The normalized spacial score (nSPS) is 10.4. The summed E-state index contributed by atoms with van der Waals surface area (Å²) in [5.74, 6) is -1.39. The lowest BCUT2D eigenvalue weighted by atomic mass is 10.1. The highest BCUT2D eigenvalue weighted by Crippen LogP contribution is 2.32. The van der Waals surface area contributed by atoms with Crippen LogP contribution in [0.5, 0.6) is 11.5 Å². The van der Waals surface area contributed by atoms with Gasteiger partial charge in [0.25, 0.3) is 0 Å². The number of carboxylic acids is 1. The molecule has 0 aliphatic carbocycles. The van der Waals surface area contributed by atoms with Crippen molar-refractivity contribution in [2.45, 2.75) is 0 Å². The topological polar surface area (TPSA) is 103 Å². The van der Waals surface area contributed by atoms with E-state index in [1.807, 2.05) is 0 Å². The SMILES string of the molecule is O=C(O)c1cccc(Nc2nc(-c3ccc(O)c(O)c3)cs2)c1. The van der Waals surface area contributed by atoms with Crippen LogP contribution in [0, 0.1) is 0 Å². The van der Waals surface area contributed by atoms with Crippen LogP contribution in [0.1, 0.15) is 10.4 Å². The van der Waals surface area contributed by atoms with Gasteiger partial charge in [0.2, 0.25) is 0 Å². The number of hydrogen-bond donors (Lipinski definition) is 4. The predicted octanol–water partition coefficient (Wildman–Crippen LogP) is 3.66. The van der Waals surface area contributed by atoms with Crippen LogP contribution in [0.3, 0.4) is 0 Å². The molecule has 0 radical (unpaired) electrons. The average Bonchev–Trinajstić information content (AvgIpc) is 2.99. The number of aromatic hydroxyl groups is 2. The van der Waals surface area contributed by atoms with Crippen molar-refractivity contribution in [3.8, 4) is 22.8 Å². The van der Waals surface area contributed by atoms with Crippen molar-refractivity contribution in [3.63, 3.8) is 0 Å². The molecular weight excluding hydrogens is 316 g/mol. The summed E-state index contributed by atoms with van der Waals surface area (Å²) in [7, 11) is 0. The minimum Gasteiger partial charge on any atom is -0.504 e. The largest absolute Gasteiger partial charge is 0.504 e. The summed E-state index contributed by atoms with van der Waals surface area (Å²) in [6.07, 6.45) is 0. The number of nitrogens with zero attached hydrogens (tertiary/aromatic N) is 1. The lowest BCUT2D eigenvalue weighted by Crippen LogP contribution is -1.97. The van der Waals surface area contributed by atoms with E-state index in [1.165, 1.54) is 35.6 Å². The van der Waals surface area contributed by atoms with Gasteiger partial charge >= 0.3 is 5.97 Å². The molecule has 116 valence electrons. The zero-order chi connectivity index (χ0) is 16.4. The third-order valence-electron chi connectivity index (χ3n) is 3.14. The predicted molar refractivity (Wildman–Crippen MR) is 87.6 cm³/mol. The Balaban J connectivity index is 1.83. The standard InChI is InChI=1S/C16H12N2O4S/c19-13-5-4-9(7-14(13)20)12-8-23-16(18-12)17-11-3-1-2-10(6-11)15(21)22/h1-8,19-20H,(H,17,18)(H,21,22). The summed E-state index contributed by atoms with van der Waals surface area (Å²) in [6, 6.07) is 10.9. The zero-order valence-corrected chi connectivity index (χ0v) is 12.5. The van der Waals surface area contributed by atoms with Crippen molar-refractivity contribution >= 4 is 28.1 Å². The van der Waals surface area contributed by atoms with Crippen molar-refractivity contribution in [1.29, 1.82) is 0 Å². The molecule has 23 heavy (non-hydrogen) atoms. The van der Waals surface area contributed by atoms with Crippen molar-refractivity contribution < 1.29 is 20.1 Å². The highest BCUT2D eigenvalue weighted by atomic mass is 32.1. The fraction of sp³-hybridized carbons (Fsp3) is 0. The minimum absolute atomic E-state index is 0.187. The van der Waals surface area contributed by atoms with E-state index in [9.17, 15) is 15.0 Å². The number of aromatic carboxylic acids is 1. The Bertz CT molecular complexity index is 876. The fourth-order valence-corrected chi connectivity index (χ4v) is 2.74. The molecule has 0 aliphatic rings. The molecule has 2 aromatic carbocycles. The van der Waals surface area contributed by atoms with Crippen molar-refractivity contribution in [2.75, 3.05) is 5.32 Å². The highest BCUT2D eigenvalue weighted by Gasteiger charge is 2.09. The number of anilines is 2. The number of benzene rings is 2. The first-order valence-corrected chi connectivity index (χ1v) is 7.49. The maximum atomic E-state index is 11.0. The number of phenolic OH excluding ortho intramolecular Hbond substituents is 2. The second-order valence-electron chi connectivity index (χ2n) is 4.75. The van der Waals surface area contributed by atoms with E-state index < -0.39 is 5.97 Å². The van der Waals surface area contributed by atoms with Crippen LogP contribution in [0.2, 0.25) is 0 Å². The van der Waals surface area contributed by atoms with Gasteiger partial charge in [-0.05, 0) is 36.4 Å². The van der Waals surface area contributed by atoms with Gasteiger partial charge in [-0.2, -0.15) is 0 Å². The number of rotatable bonds is 4. The molecule has 3 aromatic rings. The van der Waals surface area contributed by atoms with Gasteiger partial charge in [-0.1, -0.05) is 6.07 Å².